The first-order valence-corrected chi connectivity index (χ1v) is 6.80. The van der Waals surface area contributed by atoms with Crippen molar-refractivity contribution in [1.29, 1.82) is 0 Å². The molecule has 0 aliphatic heterocycles. The van der Waals surface area contributed by atoms with Crippen LogP contribution >= 0.6 is 0 Å². The molecule has 1 aliphatic carbocycles. The highest BCUT2D eigenvalue weighted by molar-refractivity contribution is 5.76. The molecule has 0 bridgehead atoms. The first-order chi connectivity index (χ1) is 8.22. The fraction of sp³-hybridized carbons (Fsp3) is 0.923. The number of hydrogen-bond acceptors (Lipinski definition) is 3. The third-order valence-electron chi connectivity index (χ3n) is 2.88. The van der Waals surface area contributed by atoms with Crippen molar-refractivity contribution < 1.29 is 9.53 Å². The van der Waals surface area contributed by atoms with Gasteiger partial charge in [-0.15, -0.1) is 0 Å². The third-order valence-corrected chi connectivity index (χ3v) is 2.88. The minimum absolute atomic E-state index is 0.126. The Bertz CT molecular complexity index is 217. The Kier molecular flexibility index (Phi) is 7.21. The van der Waals surface area contributed by atoms with Crippen LogP contribution in [-0.2, 0) is 9.53 Å². The maximum absolute atomic E-state index is 11.5. The summed E-state index contributed by atoms with van der Waals surface area (Å²) in [6.45, 7) is 7.38. The molecule has 0 aromatic carbocycles. The van der Waals surface area contributed by atoms with E-state index in [2.05, 4.69) is 10.6 Å². The predicted octanol–water partition coefficient (Wildman–Crippen LogP) is 1.31. The zero-order chi connectivity index (χ0) is 12.5. The highest BCUT2D eigenvalue weighted by Gasteiger charge is 2.20. The van der Waals surface area contributed by atoms with E-state index in [1.54, 1.807) is 0 Å². The molecule has 2 N–H and O–H groups in total. The molecule has 0 aromatic heterocycles. The van der Waals surface area contributed by atoms with Gasteiger partial charge in [-0.1, -0.05) is 6.92 Å². The van der Waals surface area contributed by atoms with Gasteiger partial charge in [0.25, 0.3) is 0 Å². The smallest absolute Gasteiger partial charge is 0.221 e. The van der Waals surface area contributed by atoms with E-state index in [9.17, 15) is 4.79 Å². The van der Waals surface area contributed by atoms with Crippen molar-refractivity contribution >= 4 is 5.91 Å². The van der Waals surface area contributed by atoms with E-state index in [1.807, 2.05) is 13.8 Å². The van der Waals surface area contributed by atoms with Gasteiger partial charge in [-0.05, 0) is 38.6 Å². The highest BCUT2D eigenvalue weighted by Crippen LogP contribution is 2.28. The summed E-state index contributed by atoms with van der Waals surface area (Å²) in [6, 6.07) is 0.256. The number of ether oxygens (including phenoxy) is 1. The molecule has 100 valence electrons. The molecule has 1 fully saturated rings. The van der Waals surface area contributed by atoms with Gasteiger partial charge in [0.15, 0.2) is 0 Å². The molecule has 4 nitrogen and oxygen atoms in total. The van der Waals surface area contributed by atoms with Crippen molar-refractivity contribution in [3.8, 4) is 0 Å². The molecular formula is C13H26N2O2. The third kappa shape index (κ3) is 8.16. The first kappa shape index (κ1) is 14.5. The van der Waals surface area contributed by atoms with Gasteiger partial charge >= 0.3 is 0 Å². The highest BCUT2D eigenvalue weighted by atomic mass is 16.5. The molecule has 0 radical (unpaired) electrons. The lowest BCUT2D eigenvalue weighted by Gasteiger charge is -2.12. The number of rotatable bonds is 10. The van der Waals surface area contributed by atoms with E-state index in [4.69, 9.17) is 4.74 Å². The molecule has 1 aliphatic rings. The summed E-state index contributed by atoms with van der Waals surface area (Å²) < 4.78 is 5.50. The first-order valence-electron chi connectivity index (χ1n) is 6.80. The van der Waals surface area contributed by atoms with E-state index in [0.29, 0.717) is 6.42 Å². The fourth-order valence-electron chi connectivity index (χ4n) is 1.71. The Morgan fingerprint density at radius 1 is 1.47 bits per heavy atom. The summed E-state index contributed by atoms with van der Waals surface area (Å²) >= 11 is 0. The summed E-state index contributed by atoms with van der Waals surface area (Å²) in [6.07, 6.45) is 4.13. The lowest BCUT2D eigenvalue weighted by atomic mass is 10.2. The van der Waals surface area contributed by atoms with Crippen molar-refractivity contribution in [1.82, 2.24) is 10.6 Å². The SMILES string of the molecule is CCNC(C)CC(=O)NCCCOCC1CC1. The van der Waals surface area contributed by atoms with E-state index in [-0.39, 0.29) is 11.9 Å². The van der Waals surface area contributed by atoms with E-state index < -0.39 is 0 Å². The number of hydrogen-bond donors (Lipinski definition) is 2. The summed E-state index contributed by atoms with van der Waals surface area (Å²) in [7, 11) is 0. The summed E-state index contributed by atoms with van der Waals surface area (Å²) in [5, 5.41) is 6.14. The van der Waals surface area contributed by atoms with Crippen LogP contribution in [0, 0.1) is 5.92 Å². The number of carbonyl (C=O) groups excluding carboxylic acids is 1. The zero-order valence-electron chi connectivity index (χ0n) is 11.1. The Morgan fingerprint density at radius 2 is 2.24 bits per heavy atom. The lowest BCUT2D eigenvalue weighted by Crippen LogP contribution is -2.34. The van der Waals surface area contributed by atoms with Crippen molar-refractivity contribution in [2.45, 2.75) is 45.6 Å². The van der Waals surface area contributed by atoms with Gasteiger partial charge < -0.3 is 15.4 Å². The second-order valence-corrected chi connectivity index (χ2v) is 4.88. The van der Waals surface area contributed by atoms with Gasteiger partial charge in [0, 0.05) is 32.2 Å². The maximum atomic E-state index is 11.5. The molecule has 4 heteroatoms. The van der Waals surface area contributed by atoms with Crippen LogP contribution in [-0.4, -0.2) is 38.3 Å². The number of nitrogens with one attached hydrogen (secondary N) is 2. The van der Waals surface area contributed by atoms with Crippen LogP contribution in [0.2, 0.25) is 0 Å². The zero-order valence-corrected chi connectivity index (χ0v) is 11.1. The molecular weight excluding hydrogens is 216 g/mol. The van der Waals surface area contributed by atoms with Gasteiger partial charge in [0.05, 0.1) is 0 Å². The van der Waals surface area contributed by atoms with Gasteiger partial charge in [0.2, 0.25) is 5.91 Å². The fourth-order valence-corrected chi connectivity index (χ4v) is 1.71. The van der Waals surface area contributed by atoms with Gasteiger partial charge in [-0.3, -0.25) is 4.79 Å². The molecule has 0 heterocycles. The van der Waals surface area contributed by atoms with Crippen molar-refractivity contribution in [2.75, 3.05) is 26.3 Å². The average Bonchev–Trinajstić information content (AvgIpc) is 3.07. The Morgan fingerprint density at radius 3 is 2.88 bits per heavy atom. The van der Waals surface area contributed by atoms with Crippen LogP contribution in [0.25, 0.3) is 0 Å². The van der Waals surface area contributed by atoms with Gasteiger partial charge in [-0.25, -0.2) is 0 Å². The molecule has 0 spiro atoms. The van der Waals surface area contributed by atoms with E-state index >= 15 is 0 Å². The van der Waals surface area contributed by atoms with Crippen molar-refractivity contribution in [2.24, 2.45) is 5.92 Å². The molecule has 1 atom stereocenters. The van der Waals surface area contributed by atoms with Crippen LogP contribution in [0.1, 0.15) is 39.5 Å². The maximum Gasteiger partial charge on any atom is 0.221 e. The Labute approximate surface area is 104 Å². The summed E-state index contributed by atoms with van der Waals surface area (Å²) in [4.78, 5) is 11.5. The largest absolute Gasteiger partial charge is 0.381 e. The average molecular weight is 242 g/mol. The molecule has 1 rings (SSSR count). The minimum Gasteiger partial charge on any atom is -0.381 e. The molecule has 17 heavy (non-hydrogen) atoms. The van der Waals surface area contributed by atoms with Crippen LogP contribution in [0.3, 0.4) is 0 Å². The molecule has 1 unspecified atom stereocenters. The second-order valence-electron chi connectivity index (χ2n) is 4.88. The Hall–Kier alpha value is -0.610. The van der Waals surface area contributed by atoms with E-state index in [0.717, 1.165) is 38.6 Å². The number of amides is 1. The van der Waals surface area contributed by atoms with E-state index in [1.165, 1.54) is 12.8 Å². The molecule has 0 saturated heterocycles. The van der Waals surface area contributed by atoms with Crippen molar-refractivity contribution in [3.05, 3.63) is 0 Å². The topological polar surface area (TPSA) is 50.4 Å². The van der Waals surface area contributed by atoms with Crippen LogP contribution in [0.5, 0.6) is 0 Å². The monoisotopic (exact) mass is 242 g/mol. The summed E-state index contributed by atoms with van der Waals surface area (Å²) in [5.41, 5.74) is 0. The molecule has 1 amide bonds. The summed E-state index contributed by atoms with van der Waals surface area (Å²) in [5.74, 6) is 0.950. The van der Waals surface area contributed by atoms with Crippen LogP contribution in [0.4, 0.5) is 0 Å². The second kappa shape index (κ2) is 8.48. The normalized spacial score (nSPS) is 16.8. The van der Waals surface area contributed by atoms with Gasteiger partial charge in [0.1, 0.15) is 0 Å². The number of carbonyl (C=O) groups is 1. The quantitative estimate of drug-likeness (QED) is 0.568. The standard InChI is InChI=1S/C13H26N2O2/c1-3-14-11(2)9-13(16)15-7-4-8-17-10-12-5-6-12/h11-12,14H,3-10H2,1-2H3,(H,15,16). The van der Waals surface area contributed by atoms with Crippen LogP contribution < -0.4 is 10.6 Å². The predicted molar refractivity (Wildman–Crippen MR) is 68.9 cm³/mol. The minimum atomic E-state index is 0.126. The molecule has 1 saturated carbocycles. The van der Waals surface area contributed by atoms with Crippen LogP contribution in [0.15, 0.2) is 0 Å². The van der Waals surface area contributed by atoms with Crippen molar-refractivity contribution in [3.63, 3.8) is 0 Å². The lowest BCUT2D eigenvalue weighted by molar-refractivity contribution is -0.121. The molecule has 0 aromatic rings. The Balaban J connectivity index is 1.85. The van der Waals surface area contributed by atoms with Gasteiger partial charge in [-0.2, -0.15) is 0 Å².